The fourth-order valence-corrected chi connectivity index (χ4v) is 2.50. The number of hydrogen-bond acceptors (Lipinski definition) is 3. The normalized spacial score (nSPS) is 10.6. The molecule has 4 heteroatoms. The molecule has 1 aromatic heterocycles. The van der Waals surface area contributed by atoms with Crippen LogP contribution in [0.1, 0.15) is 0 Å². The van der Waals surface area contributed by atoms with E-state index in [4.69, 9.17) is 5.73 Å². The fraction of sp³-hybridized carbons (Fsp3) is 0. The van der Waals surface area contributed by atoms with Gasteiger partial charge in [0.05, 0.1) is 5.69 Å². The lowest BCUT2D eigenvalue weighted by Crippen LogP contribution is -1.94. The van der Waals surface area contributed by atoms with Crippen LogP contribution >= 0.6 is 15.9 Å². The molecular weight excluding hydrogens is 302 g/mol. The average molecular weight is 314 g/mol. The highest BCUT2D eigenvalue weighted by Gasteiger charge is 2.04. The van der Waals surface area contributed by atoms with E-state index in [-0.39, 0.29) is 0 Å². The number of aromatic nitrogens is 1. The van der Waals surface area contributed by atoms with Gasteiger partial charge < -0.3 is 11.1 Å². The molecule has 0 radical (unpaired) electrons. The summed E-state index contributed by atoms with van der Waals surface area (Å²) in [5.41, 5.74) is 8.48. The minimum absolute atomic E-state index is 0.733. The smallest absolute Gasteiger partial charge is 0.0530 e. The number of nitrogens with one attached hydrogen (secondary N) is 1. The van der Waals surface area contributed by atoms with E-state index in [1.54, 1.807) is 6.20 Å². The molecule has 0 bridgehead atoms. The topological polar surface area (TPSA) is 50.9 Å². The molecule has 3 rings (SSSR count). The fourth-order valence-electron chi connectivity index (χ4n) is 2.00. The second-order valence-electron chi connectivity index (χ2n) is 4.27. The van der Waals surface area contributed by atoms with Crippen LogP contribution in [0.2, 0.25) is 0 Å². The summed E-state index contributed by atoms with van der Waals surface area (Å²) in [6.07, 6.45) is 3.66. The van der Waals surface area contributed by atoms with Gasteiger partial charge in [-0.1, -0.05) is 12.1 Å². The van der Waals surface area contributed by atoms with Crippen molar-refractivity contribution in [2.24, 2.45) is 0 Å². The van der Waals surface area contributed by atoms with E-state index in [0.717, 1.165) is 32.3 Å². The Morgan fingerprint density at radius 1 is 1.05 bits per heavy atom. The van der Waals surface area contributed by atoms with E-state index in [2.05, 4.69) is 32.3 Å². The van der Waals surface area contributed by atoms with Crippen LogP contribution in [-0.4, -0.2) is 4.98 Å². The maximum absolute atomic E-state index is 5.74. The third-order valence-corrected chi connectivity index (χ3v) is 3.60. The third-order valence-electron chi connectivity index (χ3n) is 2.95. The molecule has 0 spiro atoms. The molecule has 0 amide bonds. The quantitative estimate of drug-likeness (QED) is 0.693. The number of pyridine rings is 1. The van der Waals surface area contributed by atoms with Gasteiger partial charge in [-0.05, 0) is 51.6 Å². The molecule has 0 atom stereocenters. The number of hydrogen-bond donors (Lipinski definition) is 2. The highest BCUT2D eigenvalue weighted by atomic mass is 79.9. The summed E-state index contributed by atoms with van der Waals surface area (Å²) in [6.45, 7) is 0. The van der Waals surface area contributed by atoms with E-state index in [9.17, 15) is 0 Å². The van der Waals surface area contributed by atoms with Crippen LogP contribution in [0.15, 0.2) is 59.3 Å². The average Bonchev–Trinajstić information content (AvgIpc) is 2.42. The van der Waals surface area contributed by atoms with Crippen LogP contribution in [0.3, 0.4) is 0 Å². The first-order valence-corrected chi connectivity index (χ1v) is 6.68. The molecule has 3 N–H and O–H groups in total. The Kier molecular flexibility index (Phi) is 3.09. The van der Waals surface area contributed by atoms with Crippen molar-refractivity contribution in [3.63, 3.8) is 0 Å². The number of nitrogen functional groups attached to an aromatic ring is 1. The molecule has 3 nitrogen and oxygen atoms in total. The number of nitrogens with two attached hydrogens (primary N) is 1. The summed E-state index contributed by atoms with van der Waals surface area (Å²) in [5, 5.41) is 5.65. The third kappa shape index (κ3) is 2.39. The van der Waals surface area contributed by atoms with E-state index in [1.165, 1.54) is 0 Å². The van der Waals surface area contributed by atoms with Gasteiger partial charge in [-0.3, -0.25) is 4.98 Å². The monoisotopic (exact) mass is 313 g/mol. The van der Waals surface area contributed by atoms with Gasteiger partial charge in [0.25, 0.3) is 0 Å². The van der Waals surface area contributed by atoms with Gasteiger partial charge in [0.2, 0.25) is 0 Å². The number of nitrogens with zero attached hydrogens (tertiary/aromatic N) is 1. The minimum Gasteiger partial charge on any atom is -0.399 e. The van der Waals surface area contributed by atoms with E-state index < -0.39 is 0 Å². The van der Waals surface area contributed by atoms with Gasteiger partial charge in [0.1, 0.15) is 0 Å². The van der Waals surface area contributed by atoms with Gasteiger partial charge in [-0.15, -0.1) is 0 Å². The zero-order valence-electron chi connectivity index (χ0n) is 10.1. The van der Waals surface area contributed by atoms with Crippen molar-refractivity contribution in [1.82, 2.24) is 4.98 Å². The van der Waals surface area contributed by atoms with Crippen LogP contribution in [0, 0.1) is 0 Å². The first kappa shape index (κ1) is 12.0. The molecule has 0 unspecified atom stereocenters. The SMILES string of the molecule is Nc1ccc(Nc2cccc3ccncc23)c(Br)c1. The summed E-state index contributed by atoms with van der Waals surface area (Å²) in [5.74, 6) is 0. The van der Waals surface area contributed by atoms with Crippen LogP contribution < -0.4 is 11.1 Å². The Morgan fingerprint density at radius 3 is 2.79 bits per heavy atom. The van der Waals surface area contributed by atoms with E-state index in [0.29, 0.717) is 0 Å². The van der Waals surface area contributed by atoms with Crippen LogP contribution in [0.4, 0.5) is 17.1 Å². The molecular formula is C15H12BrN3. The van der Waals surface area contributed by atoms with E-state index >= 15 is 0 Å². The molecule has 1 heterocycles. The molecule has 0 aliphatic carbocycles. The first-order chi connectivity index (χ1) is 9.24. The number of fused-ring (bicyclic) bond motifs is 1. The standard InChI is InChI=1S/C15H12BrN3/c16-13-8-11(17)4-5-15(13)19-14-3-1-2-10-6-7-18-9-12(10)14/h1-9,19H,17H2. The lowest BCUT2D eigenvalue weighted by molar-refractivity contribution is 1.36. The summed E-state index contributed by atoms with van der Waals surface area (Å²) in [6, 6.07) is 13.8. The summed E-state index contributed by atoms with van der Waals surface area (Å²) in [7, 11) is 0. The predicted octanol–water partition coefficient (Wildman–Crippen LogP) is 4.32. The predicted molar refractivity (Wildman–Crippen MR) is 83.6 cm³/mol. The maximum Gasteiger partial charge on any atom is 0.0530 e. The number of benzene rings is 2. The largest absolute Gasteiger partial charge is 0.399 e. The number of halogens is 1. The van der Waals surface area contributed by atoms with Crippen molar-refractivity contribution >= 4 is 43.8 Å². The van der Waals surface area contributed by atoms with Crippen molar-refractivity contribution in [2.45, 2.75) is 0 Å². The lowest BCUT2D eigenvalue weighted by Gasteiger charge is -2.11. The Hall–Kier alpha value is -2.07. The van der Waals surface area contributed by atoms with E-state index in [1.807, 2.05) is 42.6 Å². The molecule has 0 saturated heterocycles. The summed E-state index contributed by atoms with van der Waals surface area (Å²) < 4.78 is 0.938. The zero-order chi connectivity index (χ0) is 13.2. The highest BCUT2D eigenvalue weighted by molar-refractivity contribution is 9.10. The molecule has 0 aliphatic heterocycles. The zero-order valence-corrected chi connectivity index (χ0v) is 11.7. The Balaban J connectivity index is 2.06. The van der Waals surface area contributed by atoms with Gasteiger partial charge in [-0.2, -0.15) is 0 Å². The first-order valence-electron chi connectivity index (χ1n) is 5.89. The van der Waals surface area contributed by atoms with Gasteiger partial charge in [-0.25, -0.2) is 0 Å². The minimum atomic E-state index is 0.733. The van der Waals surface area contributed by atoms with Crippen molar-refractivity contribution in [3.05, 3.63) is 59.3 Å². The Labute approximate surface area is 119 Å². The second kappa shape index (κ2) is 4.90. The summed E-state index contributed by atoms with van der Waals surface area (Å²) in [4.78, 5) is 4.18. The number of rotatable bonds is 2. The highest BCUT2D eigenvalue weighted by Crippen LogP contribution is 2.30. The van der Waals surface area contributed by atoms with Crippen molar-refractivity contribution in [1.29, 1.82) is 0 Å². The van der Waals surface area contributed by atoms with Crippen LogP contribution in [0.5, 0.6) is 0 Å². The molecule has 3 aromatic rings. The van der Waals surface area contributed by atoms with Gasteiger partial charge in [0.15, 0.2) is 0 Å². The Morgan fingerprint density at radius 2 is 1.95 bits per heavy atom. The van der Waals surface area contributed by atoms with Gasteiger partial charge >= 0.3 is 0 Å². The molecule has 2 aromatic carbocycles. The molecule has 0 fully saturated rings. The molecule has 19 heavy (non-hydrogen) atoms. The number of anilines is 3. The Bertz CT molecular complexity index is 735. The summed E-state index contributed by atoms with van der Waals surface area (Å²) >= 11 is 3.51. The molecule has 0 saturated carbocycles. The van der Waals surface area contributed by atoms with Crippen LogP contribution in [0.25, 0.3) is 10.8 Å². The van der Waals surface area contributed by atoms with Crippen molar-refractivity contribution in [2.75, 3.05) is 11.1 Å². The van der Waals surface area contributed by atoms with Crippen molar-refractivity contribution < 1.29 is 0 Å². The van der Waals surface area contributed by atoms with Gasteiger partial charge in [0, 0.05) is 33.6 Å². The second-order valence-corrected chi connectivity index (χ2v) is 5.12. The lowest BCUT2D eigenvalue weighted by atomic mass is 10.1. The van der Waals surface area contributed by atoms with Crippen molar-refractivity contribution in [3.8, 4) is 0 Å². The molecule has 0 aliphatic rings. The van der Waals surface area contributed by atoms with Crippen LogP contribution in [-0.2, 0) is 0 Å². The maximum atomic E-state index is 5.74. The molecule has 94 valence electrons.